The smallest absolute Gasteiger partial charge is 0.335 e. The van der Waals surface area contributed by atoms with Crippen molar-refractivity contribution in [1.82, 2.24) is 19.9 Å². The summed E-state index contributed by atoms with van der Waals surface area (Å²) in [7, 11) is 0. The third-order valence-corrected chi connectivity index (χ3v) is 4.40. The van der Waals surface area contributed by atoms with Crippen molar-refractivity contribution in [3.05, 3.63) is 41.2 Å². The molecule has 1 aromatic carbocycles. The first-order chi connectivity index (χ1) is 12.5. The molecule has 1 aliphatic heterocycles. The van der Waals surface area contributed by atoms with E-state index in [2.05, 4.69) is 24.8 Å². The van der Waals surface area contributed by atoms with Gasteiger partial charge in [0.05, 0.1) is 24.0 Å². The molecule has 3 aromatic rings. The molecule has 5 N–H and O–H groups in total. The molecular formula is C17H17N7O2. The second-order valence-corrected chi connectivity index (χ2v) is 6.17. The van der Waals surface area contributed by atoms with Gasteiger partial charge in [0.25, 0.3) is 0 Å². The Balaban J connectivity index is 1.66. The molecule has 132 valence electrons. The van der Waals surface area contributed by atoms with Crippen LogP contribution in [0.4, 0.5) is 17.5 Å². The molecule has 0 amide bonds. The average molecular weight is 351 g/mol. The molecule has 3 heterocycles. The van der Waals surface area contributed by atoms with Crippen LogP contribution in [0.1, 0.15) is 28.0 Å². The Morgan fingerprint density at radius 3 is 2.88 bits per heavy atom. The zero-order chi connectivity index (χ0) is 18.3. The topological polar surface area (TPSA) is 144 Å². The van der Waals surface area contributed by atoms with E-state index in [0.29, 0.717) is 23.3 Å². The van der Waals surface area contributed by atoms with Crippen molar-refractivity contribution in [2.45, 2.75) is 19.4 Å². The third kappa shape index (κ3) is 2.83. The van der Waals surface area contributed by atoms with Gasteiger partial charge >= 0.3 is 5.97 Å². The lowest BCUT2D eigenvalue weighted by atomic mass is 9.99. The summed E-state index contributed by atoms with van der Waals surface area (Å²) >= 11 is 0. The summed E-state index contributed by atoms with van der Waals surface area (Å²) in [5.74, 6) is -0.650. The normalized spacial score (nSPS) is 13.6. The third-order valence-electron chi connectivity index (χ3n) is 4.40. The number of carboxylic acids is 1. The summed E-state index contributed by atoms with van der Waals surface area (Å²) < 4.78 is 0. The van der Waals surface area contributed by atoms with Gasteiger partial charge in [-0.2, -0.15) is 9.97 Å². The van der Waals surface area contributed by atoms with Gasteiger partial charge in [0.2, 0.25) is 5.95 Å². The molecule has 1 aliphatic rings. The minimum atomic E-state index is -0.917. The number of fused-ring (bicyclic) bond motifs is 2. The highest BCUT2D eigenvalue weighted by Gasteiger charge is 2.19. The summed E-state index contributed by atoms with van der Waals surface area (Å²) in [5.41, 5.74) is 15.3. The number of carbonyl (C=O) groups is 1. The predicted molar refractivity (Wildman–Crippen MR) is 96.7 cm³/mol. The number of aromatic nitrogens is 4. The molecule has 0 fully saturated rings. The lowest BCUT2D eigenvalue weighted by molar-refractivity contribution is 0.0696. The van der Waals surface area contributed by atoms with Gasteiger partial charge in [-0.25, -0.2) is 14.8 Å². The summed E-state index contributed by atoms with van der Waals surface area (Å²) in [4.78, 5) is 30.1. The van der Waals surface area contributed by atoms with Gasteiger partial charge < -0.3 is 21.5 Å². The van der Waals surface area contributed by atoms with Crippen LogP contribution in [0.25, 0.3) is 11.2 Å². The highest BCUT2D eigenvalue weighted by atomic mass is 16.4. The second kappa shape index (κ2) is 6.10. The van der Waals surface area contributed by atoms with Gasteiger partial charge in [-0.3, -0.25) is 0 Å². The molecule has 0 aliphatic carbocycles. The van der Waals surface area contributed by atoms with E-state index in [1.54, 1.807) is 18.3 Å². The number of hydrogen-bond donors (Lipinski definition) is 3. The maximum atomic E-state index is 11.2. The van der Waals surface area contributed by atoms with E-state index in [0.717, 1.165) is 36.3 Å². The van der Waals surface area contributed by atoms with Crippen molar-refractivity contribution in [2.75, 3.05) is 22.9 Å². The van der Waals surface area contributed by atoms with Crippen molar-refractivity contribution in [3.8, 4) is 0 Å². The van der Waals surface area contributed by atoms with Crippen LogP contribution in [-0.2, 0) is 13.0 Å². The van der Waals surface area contributed by atoms with Crippen LogP contribution in [0, 0.1) is 0 Å². The average Bonchev–Trinajstić information content (AvgIpc) is 2.62. The van der Waals surface area contributed by atoms with E-state index >= 15 is 0 Å². The number of aryl methyl sites for hydroxylation is 1. The van der Waals surface area contributed by atoms with Crippen molar-refractivity contribution in [3.63, 3.8) is 0 Å². The first-order valence-electron chi connectivity index (χ1n) is 8.17. The Morgan fingerprint density at radius 2 is 2.08 bits per heavy atom. The molecule has 0 unspecified atom stereocenters. The number of nitrogen functional groups attached to an aromatic ring is 2. The molecule has 0 atom stereocenters. The molecule has 4 rings (SSSR count). The first kappa shape index (κ1) is 16.0. The first-order valence-corrected chi connectivity index (χ1v) is 8.17. The second-order valence-electron chi connectivity index (χ2n) is 6.17. The highest BCUT2D eigenvalue weighted by Crippen LogP contribution is 2.29. The molecular weight excluding hydrogens is 334 g/mol. The molecule has 26 heavy (non-hydrogen) atoms. The molecule has 0 bridgehead atoms. The molecule has 0 radical (unpaired) electrons. The summed E-state index contributed by atoms with van der Waals surface area (Å²) in [6.07, 6.45) is 3.45. The standard InChI is InChI=1S/C17H17N7O2/c18-14-13-15(23-17(19)22-14)20-7-11(21-13)8-24-5-1-2-9-6-10(16(25)26)3-4-12(9)24/h3-4,6-7H,1-2,5,8H2,(H,25,26)(H4,18,19,20,22,23). The molecule has 9 heteroatoms. The van der Waals surface area contributed by atoms with Crippen molar-refractivity contribution in [1.29, 1.82) is 0 Å². The van der Waals surface area contributed by atoms with Crippen LogP contribution < -0.4 is 16.4 Å². The fraction of sp³-hybridized carbons (Fsp3) is 0.235. The zero-order valence-electron chi connectivity index (χ0n) is 13.9. The molecule has 2 aromatic heterocycles. The fourth-order valence-corrected chi connectivity index (χ4v) is 3.23. The van der Waals surface area contributed by atoms with Crippen LogP contribution in [0.2, 0.25) is 0 Å². The summed E-state index contributed by atoms with van der Waals surface area (Å²) in [6.45, 7) is 1.39. The number of hydrogen-bond acceptors (Lipinski definition) is 8. The van der Waals surface area contributed by atoms with Crippen LogP contribution in [-0.4, -0.2) is 37.6 Å². The van der Waals surface area contributed by atoms with E-state index in [4.69, 9.17) is 16.6 Å². The Labute approximate surface area is 148 Å². The maximum Gasteiger partial charge on any atom is 0.335 e. The maximum absolute atomic E-state index is 11.2. The van der Waals surface area contributed by atoms with E-state index in [1.807, 2.05) is 6.07 Å². The lowest BCUT2D eigenvalue weighted by Crippen LogP contribution is -2.29. The van der Waals surface area contributed by atoms with E-state index in [-0.39, 0.29) is 11.8 Å². The van der Waals surface area contributed by atoms with Gasteiger partial charge in [-0.1, -0.05) is 0 Å². The quantitative estimate of drug-likeness (QED) is 0.634. The Morgan fingerprint density at radius 1 is 1.23 bits per heavy atom. The number of anilines is 3. The number of aromatic carboxylic acids is 1. The Hall–Kier alpha value is -3.49. The number of carboxylic acid groups (broad SMARTS) is 1. The zero-order valence-corrected chi connectivity index (χ0v) is 13.9. The largest absolute Gasteiger partial charge is 0.478 e. The number of benzene rings is 1. The summed E-state index contributed by atoms with van der Waals surface area (Å²) in [6, 6.07) is 5.22. The fourth-order valence-electron chi connectivity index (χ4n) is 3.23. The number of nitrogens with two attached hydrogens (primary N) is 2. The Kier molecular flexibility index (Phi) is 3.76. The van der Waals surface area contributed by atoms with E-state index in [9.17, 15) is 4.79 Å². The lowest BCUT2D eigenvalue weighted by Gasteiger charge is -2.31. The monoisotopic (exact) mass is 351 g/mol. The van der Waals surface area contributed by atoms with Gasteiger partial charge in [0, 0.05) is 12.2 Å². The predicted octanol–water partition coefficient (Wildman–Crippen LogP) is 1.24. The number of nitrogens with zero attached hydrogens (tertiary/aromatic N) is 5. The van der Waals surface area contributed by atoms with Crippen molar-refractivity contribution >= 4 is 34.6 Å². The number of rotatable bonds is 3. The van der Waals surface area contributed by atoms with Crippen molar-refractivity contribution < 1.29 is 9.90 Å². The minimum absolute atomic E-state index is 0.0660. The van der Waals surface area contributed by atoms with Gasteiger partial charge in [0.1, 0.15) is 0 Å². The minimum Gasteiger partial charge on any atom is -0.478 e. The Bertz CT molecular complexity index is 1020. The SMILES string of the molecule is Nc1nc(N)c2nc(CN3CCCc4cc(C(=O)O)ccc43)cnc2n1. The molecule has 0 saturated carbocycles. The van der Waals surface area contributed by atoms with Gasteiger partial charge in [-0.05, 0) is 36.6 Å². The van der Waals surface area contributed by atoms with Crippen LogP contribution in [0.3, 0.4) is 0 Å². The summed E-state index contributed by atoms with van der Waals surface area (Å²) in [5, 5.41) is 9.17. The molecule has 0 spiro atoms. The highest BCUT2D eigenvalue weighted by molar-refractivity contribution is 5.88. The van der Waals surface area contributed by atoms with E-state index in [1.165, 1.54) is 0 Å². The van der Waals surface area contributed by atoms with Crippen LogP contribution >= 0.6 is 0 Å². The van der Waals surface area contributed by atoms with Crippen LogP contribution in [0.15, 0.2) is 24.4 Å². The van der Waals surface area contributed by atoms with Gasteiger partial charge in [0.15, 0.2) is 17.0 Å². The van der Waals surface area contributed by atoms with Crippen molar-refractivity contribution in [2.24, 2.45) is 0 Å². The molecule has 9 nitrogen and oxygen atoms in total. The van der Waals surface area contributed by atoms with E-state index < -0.39 is 5.97 Å². The van der Waals surface area contributed by atoms with Crippen LogP contribution in [0.5, 0.6) is 0 Å². The molecule has 0 saturated heterocycles. The van der Waals surface area contributed by atoms with Gasteiger partial charge in [-0.15, -0.1) is 0 Å².